The summed E-state index contributed by atoms with van der Waals surface area (Å²) < 4.78 is 14.2. The number of nitrogens with zero attached hydrogens (tertiary/aromatic N) is 2. The van der Waals surface area contributed by atoms with Crippen molar-refractivity contribution >= 4 is 28.9 Å². The van der Waals surface area contributed by atoms with Crippen LogP contribution in [0.15, 0.2) is 42.5 Å². The molecular weight excluding hydrogens is 379 g/mol. The second-order valence-electron chi connectivity index (χ2n) is 6.85. The number of hydrogen-bond donors (Lipinski definition) is 2. The molecule has 1 atom stereocenters. The summed E-state index contributed by atoms with van der Waals surface area (Å²) >= 11 is 0. The maximum absolute atomic E-state index is 14.2. The van der Waals surface area contributed by atoms with Gasteiger partial charge in [-0.05, 0) is 30.7 Å². The number of para-hydroxylation sites is 2. The van der Waals surface area contributed by atoms with Gasteiger partial charge >= 0.3 is 0 Å². The van der Waals surface area contributed by atoms with Crippen molar-refractivity contribution in [1.82, 2.24) is 5.32 Å². The molecule has 3 rings (SSSR count). The topological polar surface area (TPSA) is 105 Å². The number of carbonyl (C=O) groups is 2. The number of anilines is 2. The highest BCUT2D eigenvalue weighted by Crippen LogP contribution is 2.28. The summed E-state index contributed by atoms with van der Waals surface area (Å²) in [6, 6.07) is 10.8. The fourth-order valence-corrected chi connectivity index (χ4v) is 3.26. The van der Waals surface area contributed by atoms with Crippen LogP contribution in [0.2, 0.25) is 0 Å². The zero-order valence-corrected chi connectivity index (χ0v) is 15.9. The molecule has 1 saturated heterocycles. The molecule has 2 N–H and O–H groups in total. The SMILES string of the molecule is Cc1ccc(N2CC(C(=O)NCCNc3ccccc3[N+](=O)[O-])CC2=O)c(F)c1. The van der Waals surface area contributed by atoms with Gasteiger partial charge < -0.3 is 15.5 Å². The molecule has 0 saturated carbocycles. The van der Waals surface area contributed by atoms with Crippen molar-refractivity contribution in [3.8, 4) is 0 Å². The molecule has 29 heavy (non-hydrogen) atoms. The molecule has 0 bridgehead atoms. The predicted molar refractivity (Wildman–Crippen MR) is 106 cm³/mol. The molecule has 1 heterocycles. The van der Waals surface area contributed by atoms with Crippen LogP contribution in [-0.2, 0) is 9.59 Å². The summed E-state index contributed by atoms with van der Waals surface area (Å²) in [6.45, 7) is 2.39. The third-order valence-corrected chi connectivity index (χ3v) is 4.73. The number of nitro groups is 1. The standard InChI is InChI=1S/C20H21FN4O4/c1-13-6-7-17(15(21)10-13)24-12-14(11-19(24)26)20(27)23-9-8-22-16-4-2-3-5-18(16)25(28)29/h2-7,10,14,22H,8-9,11-12H2,1H3,(H,23,27). The predicted octanol–water partition coefficient (Wildman–Crippen LogP) is 2.62. The van der Waals surface area contributed by atoms with Gasteiger partial charge in [0, 0.05) is 32.1 Å². The first-order valence-electron chi connectivity index (χ1n) is 9.18. The number of benzene rings is 2. The molecule has 2 amide bonds. The Hall–Kier alpha value is -3.49. The summed E-state index contributed by atoms with van der Waals surface area (Å²) in [5.41, 5.74) is 1.24. The smallest absolute Gasteiger partial charge is 0.292 e. The van der Waals surface area contributed by atoms with Crippen LogP contribution in [0.3, 0.4) is 0 Å². The summed E-state index contributed by atoms with van der Waals surface area (Å²) in [7, 11) is 0. The van der Waals surface area contributed by atoms with Gasteiger partial charge in [-0.2, -0.15) is 0 Å². The van der Waals surface area contributed by atoms with E-state index in [-0.39, 0.29) is 49.2 Å². The molecule has 1 fully saturated rings. The zero-order valence-electron chi connectivity index (χ0n) is 15.9. The number of hydrogen-bond acceptors (Lipinski definition) is 5. The monoisotopic (exact) mass is 400 g/mol. The minimum absolute atomic E-state index is 0.0107. The number of nitrogens with one attached hydrogen (secondary N) is 2. The lowest BCUT2D eigenvalue weighted by molar-refractivity contribution is -0.384. The Kier molecular flexibility index (Phi) is 6.06. The molecule has 0 aromatic heterocycles. The average Bonchev–Trinajstić information content (AvgIpc) is 3.07. The minimum atomic E-state index is -0.575. The van der Waals surface area contributed by atoms with Gasteiger partial charge in [0.2, 0.25) is 11.8 Å². The maximum Gasteiger partial charge on any atom is 0.292 e. The van der Waals surface area contributed by atoms with Crippen molar-refractivity contribution in [3.63, 3.8) is 0 Å². The Bertz CT molecular complexity index is 950. The Morgan fingerprint density at radius 3 is 2.76 bits per heavy atom. The van der Waals surface area contributed by atoms with Crippen molar-refractivity contribution in [3.05, 3.63) is 64.0 Å². The zero-order chi connectivity index (χ0) is 21.0. The summed E-state index contributed by atoms with van der Waals surface area (Å²) in [5, 5.41) is 16.6. The van der Waals surface area contributed by atoms with Crippen LogP contribution in [0.1, 0.15) is 12.0 Å². The van der Waals surface area contributed by atoms with Gasteiger partial charge in [0.15, 0.2) is 0 Å². The quantitative estimate of drug-likeness (QED) is 0.422. The van der Waals surface area contributed by atoms with E-state index >= 15 is 0 Å². The lowest BCUT2D eigenvalue weighted by atomic mass is 10.1. The molecule has 2 aromatic carbocycles. The van der Waals surface area contributed by atoms with Gasteiger partial charge in [-0.1, -0.05) is 18.2 Å². The molecular formula is C20H21FN4O4. The number of aryl methyl sites for hydroxylation is 1. The molecule has 0 aliphatic carbocycles. The summed E-state index contributed by atoms with van der Waals surface area (Å²) in [6.07, 6.45) is 0.0107. The second-order valence-corrected chi connectivity index (χ2v) is 6.85. The second kappa shape index (κ2) is 8.68. The van der Waals surface area contributed by atoms with Gasteiger partial charge in [-0.15, -0.1) is 0 Å². The van der Waals surface area contributed by atoms with Crippen molar-refractivity contribution in [1.29, 1.82) is 0 Å². The van der Waals surface area contributed by atoms with Crippen molar-refractivity contribution < 1.29 is 18.9 Å². The van der Waals surface area contributed by atoms with E-state index in [1.807, 2.05) is 0 Å². The number of halogens is 1. The Morgan fingerprint density at radius 1 is 1.28 bits per heavy atom. The normalized spacial score (nSPS) is 16.0. The first kappa shape index (κ1) is 20.2. The van der Waals surface area contributed by atoms with E-state index in [9.17, 15) is 24.1 Å². The average molecular weight is 400 g/mol. The third kappa shape index (κ3) is 4.68. The molecule has 1 aliphatic rings. The number of rotatable bonds is 7. The molecule has 8 nitrogen and oxygen atoms in total. The van der Waals surface area contributed by atoms with Gasteiger partial charge in [-0.25, -0.2) is 4.39 Å². The van der Waals surface area contributed by atoms with Crippen LogP contribution in [0.4, 0.5) is 21.5 Å². The summed E-state index contributed by atoms with van der Waals surface area (Å²) in [5.74, 6) is -1.68. The highest BCUT2D eigenvalue weighted by molar-refractivity contribution is 6.00. The maximum atomic E-state index is 14.2. The third-order valence-electron chi connectivity index (χ3n) is 4.73. The van der Waals surface area contributed by atoms with Gasteiger partial charge in [0.1, 0.15) is 11.5 Å². The molecule has 152 valence electrons. The van der Waals surface area contributed by atoms with Crippen LogP contribution in [0, 0.1) is 28.8 Å². The van der Waals surface area contributed by atoms with E-state index in [1.165, 1.54) is 17.0 Å². The Morgan fingerprint density at radius 2 is 2.03 bits per heavy atom. The van der Waals surface area contributed by atoms with Crippen molar-refractivity contribution in [2.75, 3.05) is 29.9 Å². The highest BCUT2D eigenvalue weighted by atomic mass is 19.1. The van der Waals surface area contributed by atoms with Crippen molar-refractivity contribution in [2.45, 2.75) is 13.3 Å². The van der Waals surface area contributed by atoms with E-state index in [0.717, 1.165) is 5.56 Å². The minimum Gasteiger partial charge on any atom is -0.378 e. The number of nitro benzene ring substituents is 1. The molecule has 2 aromatic rings. The summed E-state index contributed by atoms with van der Waals surface area (Å²) in [4.78, 5) is 36.4. The van der Waals surface area contributed by atoms with Crippen LogP contribution < -0.4 is 15.5 Å². The first-order chi connectivity index (χ1) is 13.9. The van der Waals surface area contributed by atoms with E-state index in [1.54, 1.807) is 37.3 Å². The van der Waals surface area contributed by atoms with Gasteiger partial charge in [0.25, 0.3) is 5.69 Å². The van der Waals surface area contributed by atoms with Crippen LogP contribution in [-0.4, -0.2) is 36.4 Å². The lowest BCUT2D eigenvalue weighted by Crippen LogP contribution is -2.35. The van der Waals surface area contributed by atoms with E-state index < -0.39 is 16.7 Å². The largest absolute Gasteiger partial charge is 0.378 e. The van der Waals surface area contributed by atoms with E-state index in [2.05, 4.69) is 10.6 Å². The first-order valence-corrected chi connectivity index (χ1v) is 9.18. The van der Waals surface area contributed by atoms with Crippen LogP contribution in [0.5, 0.6) is 0 Å². The van der Waals surface area contributed by atoms with E-state index in [4.69, 9.17) is 0 Å². The molecule has 0 radical (unpaired) electrons. The Balaban J connectivity index is 1.52. The highest BCUT2D eigenvalue weighted by Gasteiger charge is 2.36. The number of amides is 2. The van der Waals surface area contributed by atoms with Gasteiger partial charge in [-0.3, -0.25) is 19.7 Å². The van der Waals surface area contributed by atoms with Gasteiger partial charge in [0.05, 0.1) is 16.5 Å². The fraction of sp³-hybridized carbons (Fsp3) is 0.300. The Labute approximate surface area is 166 Å². The van der Waals surface area contributed by atoms with Crippen LogP contribution >= 0.6 is 0 Å². The fourth-order valence-electron chi connectivity index (χ4n) is 3.26. The molecule has 0 spiro atoms. The van der Waals surface area contributed by atoms with E-state index in [0.29, 0.717) is 5.69 Å². The van der Waals surface area contributed by atoms with Crippen LogP contribution in [0.25, 0.3) is 0 Å². The lowest BCUT2D eigenvalue weighted by Gasteiger charge is -2.18. The molecule has 1 unspecified atom stereocenters. The molecule has 9 heteroatoms. The van der Waals surface area contributed by atoms with Crippen molar-refractivity contribution in [2.24, 2.45) is 5.92 Å². The number of carbonyl (C=O) groups excluding carboxylic acids is 2. The molecule has 1 aliphatic heterocycles.